The lowest BCUT2D eigenvalue weighted by molar-refractivity contribution is -0.385. The monoisotopic (exact) mass is 428 g/mol. The van der Waals surface area contributed by atoms with E-state index in [1.807, 2.05) is 4.98 Å². The number of aryl methyl sites for hydroxylation is 1. The molecule has 4 N–H and O–H groups in total. The number of rotatable bonds is 4. The number of carbonyl (C=O) groups excluding carboxylic acids is 1. The highest BCUT2D eigenvalue weighted by molar-refractivity contribution is 5.93. The highest BCUT2D eigenvalue weighted by atomic mass is 16.6. The molecule has 1 amide bonds. The molecule has 0 radical (unpaired) electrons. The molecule has 0 bridgehead atoms. The molecule has 0 saturated heterocycles. The molecule has 1 unspecified atom stereocenters. The van der Waals surface area contributed by atoms with Gasteiger partial charge >= 0.3 is 16.8 Å². The van der Waals surface area contributed by atoms with Crippen LogP contribution in [0.3, 0.4) is 0 Å². The van der Waals surface area contributed by atoms with Crippen LogP contribution >= 0.6 is 0 Å². The van der Waals surface area contributed by atoms with E-state index >= 15 is 0 Å². The van der Waals surface area contributed by atoms with Gasteiger partial charge in [0.2, 0.25) is 0 Å². The molecule has 1 aromatic carbocycles. The molecule has 1 aliphatic rings. The summed E-state index contributed by atoms with van der Waals surface area (Å²) in [5.74, 6) is -0.935. The Labute approximate surface area is 170 Å². The second kappa shape index (κ2) is 7.19. The minimum Gasteiger partial charge on any atom is -0.352 e. The van der Waals surface area contributed by atoms with Gasteiger partial charge in [-0.1, -0.05) is 0 Å². The van der Waals surface area contributed by atoms with Gasteiger partial charge in [0.25, 0.3) is 17.2 Å². The Bertz CT molecular complexity index is 1490. The zero-order valence-electron chi connectivity index (χ0n) is 16.1. The van der Waals surface area contributed by atoms with Gasteiger partial charge in [0.1, 0.15) is 5.56 Å². The number of hydrogen-bond acceptors (Lipinski definition) is 7. The summed E-state index contributed by atoms with van der Waals surface area (Å²) in [4.78, 5) is 76.8. The van der Waals surface area contributed by atoms with Gasteiger partial charge in [0, 0.05) is 31.4 Å². The zero-order chi connectivity index (χ0) is 22.4. The van der Waals surface area contributed by atoms with Crippen LogP contribution in [0, 0.1) is 16.0 Å². The summed E-state index contributed by atoms with van der Waals surface area (Å²) in [5, 5.41) is 14.1. The molecular formula is C18H16N6O7. The quantitative estimate of drug-likeness (QED) is 0.224. The minimum absolute atomic E-state index is 0.0992. The number of aromatic nitrogens is 4. The van der Waals surface area contributed by atoms with Gasteiger partial charge in [-0.3, -0.25) is 34.3 Å². The van der Waals surface area contributed by atoms with Crippen molar-refractivity contribution in [2.45, 2.75) is 12.8 Å². The van der Waals surface area contributed by atoms with Gasteiger partial charge in [-0.15, -0.1) is 0 Å². The van der Waals surface area contributed by atoms with Crippen LogP contribution in [0.2, 0.25) is 0 Å². The molecule has 1 atom stereocenters. The van der Waals surface area contributed by atoms with Crippen LogP contribution in [0.4, 0.5) is 5.69 Å². The summed E-state index contributed by atoms with van der Waals surface area (Å²) in [6.07, 6.45) is 1.69. The number of amides is 1. The highest BCUT2D eigenvalue weighted by Gasteiger charge is 2.32. The number of H-pyrrole nitrogens is 3. The fourth-order valence-electron chi connectivity index (χ4n) is 3.82. The zero-order valence-corrected chi connectivity index (χ0v) is 16.1. The first-order valence-corrected chi connectivity index (χ1v) is 9.19. The Kier molecular flexibility index (Phi) is 4.64. The fourth-order valence-corrected chi connectivity index (χ4v) is 3.82. The van der Waals surface area contributed by atoms with Crippen LogP contribution in [0.5, 0.6) is 0 Å². The Morgan fingerprint density at radius 1 is 1.13 bits per heavy atom. The maximum atomic E-state index is 12.4. The first-order valence-electron chi connectivity index (χ1n) is 9.19. The topological polar surface area (TPSA) is 193 Å². The molecular weight excluding hydrogens is 412 g/mol. The predicted octanol–water partition coefficient (Wildman–Crippen LogP) is -1.34. The van der Waals surface area contributed by atoms with Gasteiger partial charge in [-0.2, -0.15) is 0 Å². The van der Waals surface area contributed by atoms with Gasteiger partial charge in [-0.25, -0.2) is 4.79 Å². The first kappa shape index (κ1) is 20.0. The number of nitro groups is 1. The predicted molar refractivity (Wildman–Crippen MR) is 107 cm³/mol. The molecule has 160 valence electrons. The summed E-state index contributed by atoms with van der Waals surface area (Å²) >= 11 is 0. The van der Waals surface area contributed by atoms with E-state index in [0.29, 0.717) is 23.1 Å². The van der Waals surface area contributed by atoms with E-state index in [1.165, 1.54) is 13.1 Å². The molecule has 4 rings (SSSR count). The number of fused-ring (bicyclic) bond motifs is 3. The van der Waals surface area contributed by atoms with Crippen LogP contribution in [0.1, 0.15) is 21.5 Å². The number of nitrogens with one attached hydrogen (secondary N) is 4. The van der Waals surface area contributed by atoms with Crippen LogP contribution in [-0.4, -0.2) is 36.9 Å². The number of nitro benzene ring substituents is 1. The van der Waals surface area contributed by atoms with E-state index in [0.717, 1.165) is 10.8 Å². The van der Waals surface area contributed by atoms with Crippen molar-refractivity contribution in [3.05, 3.63) is 80.6 Å². The lowest BCUT2D eigenvalue weighted by atomic mass is 10.1. The fraction of sp³-hybridized carbons (Fsp3) is 0.278. The van der Waals surface area contributed by atoms with E-state index in [-0.39, 0.29) is 35.7 Å². The second-order valence-electron chi connectivity index (χ2n) is 7.34. The van der Waals surface area contributed by atoms with Crippen molar-refractivity contribution in [2.75, 3.05) is 6.54 Å². The van der Waals surface area contributed by atoms with Crippen LogP contribution in [0.15, 0.2) is 31.4 Å². The number of carbonyl (C=O) groups is 1. The minimum atomic E-state index is -0.911. The number of hydrogen-bond donors (Lipinski definition) is 4. The third-order valence-corrected chi connectivity index (χ3v) is 5.30. The lowest BCUT2D eigenvalue weighted by Crippen LogP contribution is -2.37. The first-order chi connectivity index (χ1) is 14.7. The number of aromatic amines is 3. The van der Waals surface area contributed by atoms with Crippen molar-refractivity contribution in [3.8, 4) is 0 Å². The van der Waals surface area contributed by atoms with Crippen LogP contribution < -0.4 is 27.7 Å². The normalized spacial score (nSPS) is 15.1. The Balaban J connectivity index is 1.62. The van der Waals surface area contributed by atoms with Crippen LogP contribution in [-0.2, 0) is 19.9 Å². The number of nitrogens with zero attached hydrogens (tertiary/aromatic N) is 2. The third kappa shape index (κ3) is 3.45. The lowest BCUT2D eigenvalue weighted by Gasteiger charge is -2.10. The summed E-state index contributed by atoms with van der Waals surface area (Å²) in [6, 6.07) is 1.20. The summed E-state index contributed by atoms with van der Waals surface area (Å²) in [6.45, 7) is 0.0992. The maximum absolute atomic E-state index is 12.4. The molecule has 13 nitrogen and oxygen atoms in total. The Morgan fingerprint density at radius 3 is 2.52 bits per heavy atom. The van der Waals surface area contributed by atoms with Crippen molar-refractivity contribution < 1.29 is 9.72 Å². The SMILES string of the molecule is Cn1cc(C(=O)NCC2Cc3c([N+](=O)[O-])cc4[nH]c(=O)c(=O)[nH]c4c3C2)c(=O)[nH]c1=O. The Morgan fingerprint density at radius 2 is 1.81 bits per heavy atom. The van der Waals surface area contributed by atoms with E-state index in [9.17, 15) is 34.1 Å². The van der Waals surface area contributed by atoms with Crippen molar-refractivity contribution in [1.29, 1.82) is 0 Å². The second-order valence-corrected chi connectivity index (χ2v) is 7.34. The Hall–Kier alpha value is -4.29. The van der Waals surface area contributed by atoms with E-state index in [2.05, 4.69) is 15.3 Å². The molecule has 0 spiro atoms. The van der Waals surface area contributed by atoms with Gasteiger partial charge in [-0.05, 0) is 24.3 Å². The smallest absolute Gasteiger partial charge is 0.328 e. The number of benzene rings is 1. The standard InChI is InChI=1S/C18H16N6O7/c1-23-6-10(15(26)22-18(23)29)14(25)19-5-7-2-8-9(3-7)13-11(4-12(8)24(30)31)20-16(27)17(28)21-13/h4,6-7H,2-3,5H2,1H3,(H,19,25)(H,20,27)(H,21,28)(H,22,26,29). The molecule has 13 heteroatoms. The van der Waals surface area contributed by atoms with E-state index in [4.69, 9.17) is 0 Å². The molecule has 1 aliphatic carbocycles. The van der Waals surface area contributed by atoms with Crippen molar-refractivity contribution in [1.82, 2.24) is 24.8 Å². The highest BCUT2D eigenvalue weighted by Crippen LogP contribution is 2.37. The van der Waals surface area contributed by atoms with Crippen LogP contribution in [0.25, 0.3) is 11.0 Å². The average molecular weight is 428 g/mol. The molecule has 0 saturated carbocycles. The third-order valence-electron chi connectivity index (χ3n) is 5.30. The molecule has 2 heterocycles. The van der Waals surface area contributed by atoms with E-state index in [1.54, 1.807) is 0 Å². The molecule has 0 fully saturated rings. The van der Waals surface area contributed by atoms with Gasteiger partial charge < -0.3 is 19.9 Å². The largest absolute Gasteiger partial charge is 0.352 e. The van der Waals surface area contributed by atoms with E-state index < -0.39 is 33.2 Å². The van der Waals surface area contributed by atoms with Crippen molar-refractivity contribution in [2.24, 2.45) is 13.0 Å². The van der Waals surface area contributed by atoms with Gasteiger partial charge in [0.15, 0.2) is 0 Å². The van der Waals surface area contributed by atoms with Crippen molar-refractivity contribution in [3.63, 3.8) is 0 Å². The molecule has 2 aromatic heterocycles. The summed E-state index contributed by atoms with van der Waals surface area (Å²) in [7, 11) is 1.39. The maximum Gasteiger partial charge on any atom is 0.328 e. The van der Waals surface area contributed by atoms with Crippen molar-refractivity contribution >= 4 is 22.6 Å². The molecule has 3 aromatic rings. The average Bonchev–Trinajstić information content (AvgIpc) is 3.13. The summed E-state index contributed by atoms with van der Waals surface area (Å²) < 4.78 is 1.06. The summed E-state index contributed by atoms with van der Waals surface area (Å²) in [5.41, 5.74) is -2.27. The van der Waals surface area contributed by atoms with Gasteiger partial charge in [0.05, 0.1) is 16.0 Å². The molecule has 31 heavy (non-hydrogen) atoms. The molecule has 0 aliphatic heterocycles.